The molecule has 0 saturated heterocycles. The average Bonchev–Trinajstić information content (AvgIpc) is 2.52. The van der Waals surface area contributed by atoms with Gasteiger partial charge >= 0.3 is 5.97 Å². The van der Waals surface area contributed by atoms with Crippen LogP contribution in [0.3, 0.4) is 0 Å². The molecule has 0 aliphatic heterocycles. The zero-order valence-corrected chi connectivity index (χ0v) is 6.90. The molecule has 0 aliphatic rings. The second-order valence-electron chi connectivity index (χ2n) is 2.70. The van der Waals surface area contributed by atoms with E-state index in [0.29, 0.717) is 16.7 Å². The van der Waals surface area contributed by atoms with Crippen LogP contribution in [0.25, 0.3) is 11.2 Å². The number of rotatable bonds is 1. The first-order valence-electron chi connectivity index (χ1n) is 3.72. The lowest BCUT2D eigenvalue weighted by Gasteiger charge is -1.99. The van der Waals surface area contributed by atoms with Crippen molar-refractivity contribution in [3.8, 4) is 0 Å². The first-order valence-corrected chi connectivity index (χ1v) is 3.72. The number of aryl methyl sites for hydroxylation is 1. The van der Waals surface area contributed by atoms with E-state index < -0.39 is 5.97 Å². The van der Waals surface area contributed by atoms with Crippen molar-refractivity contribution in [3.63, 3.8) is 0 Å². The number of carboxylic acids is 1. The number of carbonyl (C=O) groups is 1. The molecule has 2 aromatic heterocycles. The highest BCUT2D eigenvalue weighted by atomic mass is 16.4. The second kappa shape index (κ2) is 2.55. The van der Waals surface area contributed by atoms with Crippen molar-refractivity contribution in [2.75, 3.05) is 0 Å². The van der Waals surface area contributed by atoms with E-state index in [9.17, 15) is 4.79 Å². The van der Waals surface area contributed by atoms with Crippen LogP contribution >= 0.6 is 0 Å². The van der Waals surface area contributed by atoms with Gasteiger partial charge in [-0.05, 0) is 12.5 Å². The standard InChI is InChI=1S/C8H7N3O2/c1-4-5(8(12)13)2-9-7-6(4)10-3-11-7/h2-3H,1H3,(H,12,13)(H,9,10,11). The smallest absolute Gasteiger partial charge is 0.337 e. The van der Waals surface area contributed by atoms with Crippen LogP contribution in [0.5, 0.6) is 0 Å². The summed E-state index contributed by atoms with van der Waals surface area (Å²) in [4.78, 5) is 21.4. The number of fused-ring (bicyclic) bond motifs is 1. The number of hydrogen-bond donors (Lipinski definition) is 2. The van der Waals surface area contributed by atoms with Crippen LogP contribution in [0, 0.1) is 6.92 Å². The Balaban J connectivity index is 2.80. The Bertz CT molecular complexity index is 475. The minimum atomic E-state index is -0.971. The molecule has 0 spiro atoms. The van der Waals surface area contributed by atoms with Gasteiger partial charge in [-0.2, -0.15) is 0 Å². The van der Waals surface area contributed by atoms with Gasteiger partial charge in [0.1, 0.15) is 0 Å². The Morgan fingerprint density at radius 2 is 2.31 bits per heavy atom. The van der Waals surface area contributed by atoms with Gasteiger partial charge in [0.15, 0.2) is 5.65 Å². The quantitative estimate of drug-likeness (QED) is 0.680. The number of imidazole rings is 1. The van der Waals surface area contributed by atoms with E-state index in [1.54, 1.807) is 6.92 Å². The predicted molar refractivity (Wildman–Crippen MR) is 45.6 cm³/mol. The Kier molecular flexibility index (Phi) is 1.51. The highest BCUT2D eigenvalue weighted by Crippen LogP contribution is 2.15. The number of aromatic nitrogens is 3. The highest BCUT2D eigenvalue weighted by Gasteiger charge is 2.11. The summed E-state index contributed by atoms with van der Waals surface area (Å²) in [7, 11) is 0. The number of nitrogens with one attached hydrogen (secondary N) is 1. The molecular formula is C8H7N3O2. The number of carboxylic acid groups (broad SMARTS) is 1. The maximum atomic E-state index is 10.7. The van der Waals surface area contributed by atoms with Gasteiger partial charge in [0.05, 0.1) is 17.4 Å². The summed E-state index contributed by atoms with van der Waals surface area (Å²) in [5, 5.41) is 8.79. The number of aromatic amines is 1. The molecule has 0 atom stereocenters. The molecule has 0 saturated carbocycles. The summed E-state index contributed by atoms with van der Waals surface area (Å²) in [5.74, 6) is -0.971. The van der Waals surface area contributed by atoms with E-state index in [0.717, 1.165) is 0 Å². The summed E-state index contributed by atoms with van der Waals surface area (Å²) >= 11 is 0. The molecule has 0 aromatic carbocycles. The van der Waals surface area contributed by atoms with Gasteiger partial charge in [0.25, 0.3) is 0 Å². The first-order chi connectivity index (χ1) is 6.20. The van der Waals surface area contributed by atoms with E-state index in [1.165, 1.54) is 12.5 Å². The molecule has 5 nitrogen and oxygen atoms in total. The molecule has 2 heterocycles. The van der Waals surface area contributed by atoms with Crippen LogP contribution in [0.2, 0.25) is 0 Å². The summed E-state index contributed by atoms with van der Waals surface area (Å²) in [5.41, 5.74) is 2.09. The molecule has 5 heteroatoms. The molecular weight excluding hydrogens is 170 g/mol. The number of hydrogen-bond acceptors (Lipinski definition) is 3. The molecule has 2 rings (SSSR count). The van der Waals surface area contributed by atoms with Crippen LogP contribution < -0.4 is 0 Å². The van der Waals surface area contributed by atoms with E-state index in [-0.39, 0.29) is 5.56 Å². The van der Waals surface area contributed by atoms with Gasteiger partial charge in [0.2, 0.25) is 0 Å². The minimum absolute atomic E-state index is 0.205. The summed E-state index contributed by atoms with van der Waals surface area (Å²) < 4.78 is 0. The Morgan fingerprint density at radius 3 is 3.00 bits per heavy atom. The topological polar surface area (TPSA) is 78.9 Å². The lowest BCUT2D eigenvalue weighted by atomic mass is 10.1. The van der Waals surface area contributed by atoms with Crippen molar-refractivity contribution in [2.24, 2.45) is 0 Å². The zero-order chi connectivity index (χ0) is 9.42. The van der Waals surface area contributed by atoms with Crippen molar-refractivity contribution >= 4 is 17.1 Å². The summed E-state index contributed by atoms with van der Waals surface area (Å²) in [6.07, 6.45) is 2.82. The zero-order valence-electron chi connectivity index (χ0n) is 6.90. The third-order valence-electron chi connectivity index (χ3n) is 1.94. The molecule has 0 fully saturated rings. The van der Waals surface area contributed by atoms with E-state index in [4.69, 9.17) is 5.11 Å². The molecule has 0 radical (unpaired) electrons. The normalized spacial score (nSPS) is 10.5. The third-order valence-corrected chi connectivity index (χ3v) is 1.94. The largest absolute Gasteiger partial charge is 0.478 e. The van der Waals surface area contributed by atoms with Crippen molar-refractivity contribution in [3.05, 3.63) is 23.7 Å². The van der Waals surface area contributed by atoms with Crippen molar-refractivity contribution in [2.45, 2.75) is 6.92 Å². The van der Waals surface area contributed by atoms with E-state index in [2.05, 4.69) is 15.0 Å². The summed E-state index contributed by atoms with van der Waals surface area (Å²) in [6, 6.07) is 0. The third kappa shape index (κ3) is 1.05. The fraction of sp³-hybridized carbons (Fsp3) is 0.125. The Hall–Kier alpha value is -1.91. The molecule has 0 aliphatic carbocycles. The maximum absolute atomic E-state index is 10.7. The van der Waals surface area contributed by atoms with E-state index in [1.807, 2.05) is 0 Å². The van der Waals surface area contributed by atoms with Gasteiger partial charge in [-0.3, -0.25) is 0 Å². The molecule has 0 amide bonds. The number of pyridine rings is 1. The monoisotopic (exact) mass is 177 g/mol. The molecule has 2 N–H and O–H groups in total. The SMILES string of the molecule is Cc1c(C(=O)O)cnc2nc[nH]c12. The molecule has 13 heavy (non-hydrogen) atoms. The number of aromatic carboxylic acids is 1. The molecule has 0 bridgehead atoms. The van der Waals surface area contributed by atoms with E-state index >= 15 is 0 Å². The van der Waals surface area contributed by atoms with Gasteiger partial charge in [0, 0.05) is 6.20 Å². The fourth-order valence-corrected chi connectivity index (χ4v) is 1.23. The first kappa shape index (κ1) is 7.72. The predicted octanol–water partition coefficient (Wildman–Crippen LogP) is 0.965. The highest BCUT2D eigenvalue weighted by molar-refractivity contribution is 5.93. The second-order valence-corrected chi connectivity index (χ2v) is 2.70. The van der Waals surface area contributed by atoms with Crippen LogP contribution in [-0.4, -0.2) is 26.0 Å². The molecule has 2 aromatic rings. The van der Waals surface area contributed by atoms with Crippen molar-refractivity contribution in [1.82, 2.24) is 15.0 Å². The maximum Gasteiger partial charge on any atom is 0.337 e. The molecule has 66 valence electrons. The number of nitrogens with zero attached hydrogens (tertiary/aromatic N) is 2. The van der Waals surface area contributed by atoms with Crippen LogP contribution in [0.4, 0.5) is 0 Å². The summed E-state index contributed by atoms with van der Waals surface area (Å²) in [6.45, 7) is 1.73. The molecule has 0 unspecified atom stereocenters. The van der Waals surface area contributed by atoms with Gasteiger partial charge in [-0.25, -0.2) is 14.8 Å². The van der Waals surface area contributed by atoms with Crippen molar-refractivity contribution in [1.29, 1.82) is 0 Å². The van der Waals surface area contributed by atoms with Crippen LogP contribution in [-0.2, 0) is 0 Å². The Labute approximate surface area is 73.4 Å². The minimum Gasteiger partial charge on any atom is -0.478 e. The van der Waals surface area contributed by atoms with Crippen LogP contribution in [0.1, 0.15) is 15.9 Å². The van der Waals surface area contributed by atoms with Crippen LogP contribution in [0.15, 0.2) is 12.5 Å². The number of H-pyrrole nitrogens is 1. The lowest BCUT2D eigenvalue weighted by Crippen LogP contribution is -2.01. The van der Waals surface area contributed by atoms with Gasteiger partial charge in [-0.1, -0.05) is 0 Å². The fourth-order valence-electron chi connectivity index (χ4n) is 1.23. The van der Waals surface area contributed by atoms with Gasteiger partial charge < -0.3 is 10.1 Å². The lowest BCUT2D eigenvalue weighted by molar-refractivity contribution is 0.0696. The average molecular weight is 177 g/mol. The van der Waals surface area contributed by atoms with Gasteiger partial charge in [-0.15, -0.1) is 0 Å². The van der Waals surface area contributed by atoms with Crippen molar-refractivity contribution < 1.29 is 9.90 Å². The Morgan fingerprint density at radius 1 is 1.54 bits per heavy atom.